The number of aliphatic hydroxyl groups is 1. The summed E-state index contributed by atoms with van der Waals surface area (Å²) in [5.41, 5.74) is -0.0900. The predicted molar refractivity (Wildman–Crippen MR) is 79.7 cm³/mol. The van der Waals surface area contributed by atoms with Crippen LogP contribution in [0.4, 0.5) is 4.79 Å². The molecule has 1 saturated heterocycles. The molecule has 0 saturated carbocycles. The molecule has 0 atom stereocenters. The van der Waals surface area contributed by atoms with Crippen LogP contribution in [0.5, 0.6) is 0 Å². The van der Waals surface area contributed by atoms with Gasteiger partial charge in [0.25, 0.3) is 0 Å². The summed E-state index contributed by atoms with van der Waals surface area (Å²) in [5, 5.41) is 9.35. The van der Waals surface area contributed by atoms with Gasteiger partial charge >= 0.3 is 6.09 Å². The van der Waals surface area contributed by atoms with Crippen LogP contribution in [0.2, 0.25) is 0 Å². The van der Waals surface area contributed by atoms with E-state index in [-0.39, 0.29) is 18.1 Å². The molecule has 0 spiro atoms. The number of nitrogens with zero attached hydrogens (tertiary/aromatic N) is 2. The van der Waals surface area contributed by atoms with Gasteiger partial charge in [0.2, 0.25) is 0 Å². The van der Waals surface area contributed by atoms with Crippen molar-refractivity contribution in [3.05, 3.63) is 0 Å². The van der Waals surface area contributed by atoms with Crippen LogP contribution in [0, 0.1) is 11.3 Å². The standard InChI is InChI=1S/C15H30N2O3/c1-13(2)10-20-14(19)17-7-5-6-16(8-9-17)11-15(3,4)12-18/h13,18H,5-12H2,1-4H3. The molecule has 1 N–H and O–H groups in total. The summed E-state index contributed by atoms with van der Waals surface area (Å²) in [6.07, 6.45) is 0.764. The Kier molecular flexibility index (Phi) is 6.76. The number of rotatable bonds is 5. The lowest BCUT2D eigenvalue weighted by Gasteiger charge is -2.30. The first-order chi connectivity index (χ1) is 9.34. The zero-order valence-electron chi connectivity index (χ0n) is 13.4. The second-order valence-corrected chi connectivity index (χ2v) is 6.91. The van der Waals surface area contributed by atoms with Gasteiger partial charge in [0, 0.05) is 38.2 Å². The SMILES string of the molecule is CC(C)COC(=O)N1CCCN(CC(C)(C)CO)CC1. The van der Waals surface area contributed by atoms with Crippen LogP contribution < -0.4 is 0 Å². The van der Waals surface area contributed by atoms with E-state index in [0.717, 1.165) is 32.6 Å². The van der Waals surface area contributed by atoms with E-state index in [9.17, 15) is 9.90 Å². The van der Waals surface area contributed by atoms with Crippen LogP contribution in [-0.2, 0) is 4.74 Å². The molecule has 0 bridgehead atoms. The van der Waals surface area contributed by atoms with E-state index in [2.05, 4.69) is 18.7 Å². The van der Waals surface area contributed by atoms with Crippen molar-refractivity contribution in [2.75, 3.05) is 45.9 Å². The summed E-state index contributed by atoms with van der Waals surface area (Å²) in [6, 6.07) is 0. The molecule has 5 nitrogen and oxygen atoms in total. The second kappa shape index (κ2) is 7.84. The van der Waals surface area contributed by atoms with E-state index in [0.29, 0.717) is 19.1 Å². The van der Waals surface area contributed by atoms with Crippen molar-refractivity contribution in [2.45, 2.75) is 34.1 Å². The van der Waals surface area contributed by atoms with E-state index >= 15 is 0 Å². The van der Waals surface area contributed by atoms with E-state index in [4.69, 9.17) is 4.74 Å². The number of hydrogen-bond acceptors (Lipinski definition) is 4. The highest BCUT2D eigenvalue weighted by Gasteiger charge is 2.25. The third kappa shape index (κ3) is 6.09. The van der Waals surface area contributed by atoms with Crippen molar-refractivity contribution in [3.8, 4) is 0 Å². The zero-order chi connectivity index (χ0) is 15.2. The molecule has 5 heteroatoms. The maximum Gasteiger partial charge on any atom is 0.409 e. The molecule has 1 rings (SSSR count). The molecule has 1 fully saturated rings. The number of aliphatic hydroxyl groups excluding tert-OH is 1. The Morgan fingerprint density at radius 2 is 1.95 bits per heavy atom. The number of carbonyl (C=O) groups excluding carboxylic acids is 1. The summed E-state index contributed by atoms with van der Waals surface area (Å²) >= 11 is 0. The average molecular weight is 286 g/mol. The highest BCUT2D eigenvalue weighted by atomic mass is 16.6. The highest BCUT2D eigenvalue weighted by molar-refractivity contribution is 5.67. The molecule has 0 aromatic heterocycles. The Balaban J connectivity index is 2.41. The van der Waals surface area contributed by atoms with Gasteiger partial charge in [-0.05, 0) is 18.9 Å². The van der Waals surface area contributed by atoms with Gasteiger partial charge < -0.3 is 19.6 Å². The molecule has 20 heavy (non-hydrogen) atoms. The van der Waals surface area contributed by atoms with Crippen molar-refractivity contribution in [3.63, 3.8) is 0 Å². The van der Waals surface area contributed by atoms with Gasteiger partial charge in [0.05, 0.1) is 6.61 Å². The highest BCUT2D eigenvalue weighted by Crippen LogP contribution is 2.17. The summed E-state index contributed by atoms with van der Waals surface area (Å²) in [5.74, 6) is 0.368. The summed E-state index contributed by atoms with van der Waals surface area (Å²) in [7, 11) is 0. The first-order valence-corrected chi connectivity index (χ1v) is 7.59. The fourth-order valence-electron chi connectivity index (χ4n) is 2.30. The summed E-state index contributed by atoms with van der Waals surface area (Å²) in [4.78, 5) is 16.1. The Morgan fingerprint density at radius 1 is 1.25 bits per heavy atom. The maximum absolute atomic E-state index is 11.9. The van der Waals surface area contributed by atoms with Gasteiger partial charge in [-0.2, -0.15) is 0 Å². The fraction of sp³-hybridized carbons (Fsp3) is 0.933. The van der Waals surface area contributed by atoms with E-state index in [1.165, 1.54) is 0 Å². The van der Waals surface area contributed by atoms with E-state index in [1.54, 1.807) is 4.90 Å². The molecule has 0 radical (unpaired) electrons. The normalized spacial score (nSPS) is 18.2. The topological polar surface area (TPSA) is 53.0 Å². The molecular formula is C15H30N2O3. The molecule has 1 amide bonds. The minimum atomic E-state index is -0.193. The minimum absolute atomic E-state index is 0.0900. The Bertz CT molecular complexity index is 305. The molecular weight excluding hydrogens is 256 g/mol. The van der Waals surface area contributed by atoms with E-state index in [1.807, 2.05) is 13.8 Å². The van der Waals surface area contributed by atoms with Gasteiger partial charge in [-0.15, -0.1) is 0 Å². The Morgan fingerprint density at radius 3 is 2.55 bits per heavy atom. The Labute approximate surface area is 122 Å². The lowest BCUT2D eigenvalue weighted by atomic mass is 9.94. The minimum Gasteiger partial charge on any atom is -0.449 e. The summed E-state index contributed by atoms with van der Waals surface area (Å²) < 4.78 is 5.28. The lowest BCUT2D eigenvalue weighted by molar-refractivity contribution is 0.0886. The fourth-order valence-corrected chi connectivity index (χ4v) is 2.30. The molecule has 0 aromatic carbocycles. The van der Waals surface area contributed by atoms with Crippen molar-refractivity contribution in [1.82, 2.24) is 9.80 Å². The quantitative estimate of drug-likeness (QED) is 0.837. The smallest absolute Gasteiger partial charge is 0.409 e. The number of ether oxygens (including phenoxy) is 1. The average Bonchev–Trinajstić information content (AvgIpc) is 2.61. The molecule has 1 heterocycles. The number of hydrogen-bond donors (Lipinski definition) is 1. The largest absolute Gasteiger partial charge is 0.449 e. The second-order valence-electron chi connectivity index (χ2n) is 6.91. The van der Waals surface area contributed by atoms with Gasteiger partial charge in [-0.1, -0.05) is 27.7 Å². The van der Waals surface area contributed by atoms with Gasteiger partial charge in [-0.25, -0.2) is 4.79 Å². The number of carbonyl (C=O) groups is 1. The van der Waals surface area contributed by atoms with Crippen LogP contribution in [0.25, 0.3) is 0 Å². The van der Waals surface area contributed by atoms with Gasteiger partial charge in [0.15, 0.2) is 0 Å². The first kappa shape index (κ1) is 17.2. The molecule has 1 aliphatic rings. The maximum atomic E-state index is 11.9. The Hall–Kier alpha value is -0.810. The van der Waals surface area contributed by atoms with Crippen molar-refractivity contribution < 1.29 is 14.6 Å². The van der Waals surface area contributed by atoms with Crippen LogP contribution in [-0.4, -0.2) is 66.9 Å². The van der Waals surface area contributed by atoms with Crippen LogP contribution >= 0.6 is 0 Å². The van der Waals surface area contributed by atoms with Crippen LogP contribution in [0.15, 0.2) is 0 Å². The predicted octanol–water partition coefficient (Wildman–Crippen LogP) is 1.81. The molecule has 1 aliphatic heterocycles. The third-order valence-electron chi connectivity index (χ3n) is 3.47. The zero-order valence-corrected chi connectivity index (χ0v) is 13.4. The van der Waals surface area contributed by atoms with Crippen molar-refractivity contribution in [1.29, 1.82) is 0 Å². The van der Waals surface area contributed by atoms with Crippen LogP contribution in [0.1, 0.15) is 34.1 Å². The summed E-state index contributed by atoms with van der Waals surface area (Å²) in [6.45, 7) is 13.0. The monoisotopic (exact) mass is 286 g/mol. The lowest BCUT2D eigenvalue weighted by Crippen LogP contribution is -2.40. The van der Waals surface area contributed by atoms with E-state index < -0.39 is 0 Å². The van der Waals surface area contributed by atoms with Gasteiger partial charge in [-0.3, -0.25) is 0 Å². The van der Waals surface area contributed by atoms with Crippen molar-refractivity contribution >= 4 is 6.09 Å². The van der Waals surface area contributed by atoms with Gasteiger partial charge in [0.1, 0.15) is 0 Å². The molecule has 0 unspecified atom stereocenters. The molecule has 0 aromatic rings. The van der Waals surface area contributed by atoms with Crippen molar-refractivity contribution in [2.24, 2.45) is 11.3 Å². The third-order valence-corrected chi connectivity index (χ3v) is 3.47. The number of amides is 1. The first-order valence-electron chi connectivity index (χ1n) is 7.59. The molecule has 0 aliphatic carbocycles. The van der Waals surface area contributed by atoms with Crippen LogP contribution in [0.3, 0.4) is 0 Å². The molecule has 118 valence electrons.